The zero-order valence-corrected chi connectivity index (χ0v) is 17.0. The fraction of sp³-hybridized carbons (Fsp3) is 0.273. The van der Waals surface area contributed by atoms with Crippen molar-refractivity contribution in [3.8, 4) is 34.0 Å². The van der Waals surface area contributed by atoms with Crippen LogP contribution in [-0.4, -0.2) is 31.1 Å². The van der Waals surface area contributed by atoms with Gasteiger partial charge in [-0.05, 0) is 50.2 Å². The van der Waals surface area contributed by atoms with Gasteiger partial charge in [-0.2, -0.15) is 5.10 Å². The maximum absolute atomic E-state index is 12.6. The molecule has 1 N–H and O–H groups in total. The van der Waals surface area contributed by atoms with E-state index in [1.165, 1.54) is 7.11 Å². The highest BCUT2D eigenvalue weighted by atomic mass is 16.5. The Morgan fingerprint density at radius 2 is 1.66 bits per heavy atom. The topological polar surface area (TPSA) is 74.2 Å². The van der Waals surface area contributed by atoms with Crippen molar-refractivity contribution in [2.75, 3.05) is 7.11 Å². The maximum Gasteiger partial charge on any atom is 0.329 e. The van der Waals surface area contributed by atoms with Crippen molar-refractivity contribution in [2.45, 2.75) is 26.9 Å². The number of benzene rings is 2. The van der Waals surface area contributed by atoms with Crippen LogP contribution in [-0.2, 0) is 20.1 Å². The Hall–Kier alpha value is -3.48. The van der Waals surface area contributed by atoms with E-state index in [-0.39, 0.29) is 11.4 Å². The lowest BCUT2D eigenvalue weighted by atomic mass is 10.1. The van der Waals surface area contributed by atoms with Gasteiger partial charge in [-0.25, -0.2) is 4.79 Å². The van der Waals surface area contributed by atoms with E-state index in [1.807, 2.05) is 51.2 Å². The zero-order chi connectivity index (χ0) is 20.7. The molecule has 4 rings (SSSR count). The maximum atomic E-state index is 12.6. The molecular weight excluding hydrogens is 368 g/mol. The summed E-state index contributed by atoms with van der Waals surface area (Å²) in [5.74, 6) is 0.515. The molecule has 0 amide bonds. The fourth-order valence-corrected chi connectivity index (χ4v) is 3.81. The Bertz CT molecular complexity index is 1260. The van der Waals surface area contributed by atoms with E-state index in [9.17, 15) is 9.90 Å². The molecule has 0 spiro atoms. The number of aromatic nitrogens is 4. The van der Waals surface area contributed by atoms with Crippen LogP contribution in [0.5, 0.6) is 11.5 Å². The fourth-order valence-electron chi connectivity index (χ4n) is 3.81. The molecule has 0 unspecified atom stereocenters. The van der Waals surface area contributed by atoms with E-state index in [2.05, 4.69) is 5.10 Å². The second-order valence-electron chi connectivity index (χ2n) is 6.90. The number of nitrogens with zero attached hydrogens (tertiary/aromatic N) is 4. The summed E-state index contributed by atoms with van der Waals surface area (Å²) in [4.78, 5) is 12.6. The lowest BCUT2D eigenvalue weighted by Crippen LogP contribution is -2.22. The molecule has 0 bridgehead atoms. The van der Waals surface area contributed by atoms with E-state index in [4.69, 9.17) is 4.74 Å². The first-order valence-corrected chi connectivity index (χ1v) is 9.63. The van der Waals surface area contributed by atoms with Gasteiger partial charge in [0.2, 0.25) is 0 Å². The Morgan fingerprint density at radius 3 is 2.34 bits per heavy atom. The third-order valence-electron chi connectivity index (χ3n) is 5.30. The van der Waals surface area contributed by atoms with Gasteiger partial charge in [-0.1, -0.05) is 6.07 Å². The minimum Gasteiger partial charge on any atom is -0.504 e. The van der Waals surface area contributed by atoms with Crippen LogP contribution < -0.4 is 10.4 Å². The van der Waals surface area contributed by atoms with Crippen LogP contribution in [0.15, 0.2) is 47.3 Å². The average Bonchev–Trinajstić information content (AvgIpc) is 3.24. The number of methoxy groups -OCH3 is 1. The first-order valence-electron chi connectivity index (χ1n) is 9.63. The van der Waals surface area contributed by atoms with E-state index < -0.39 is 0 Å². The predicted molar refractivity (Wildman–Crippen MR) is 113 cm³/mol. The molecule has 0 aliphatic rings. The molecule has 4 aromatic rings. The quantitative estimate of drug-likeness (QED) is 0.563. The van der Waals surface area contributed by atoms with Crippen molar-refractivity contribution in [1.29, 1.82) is 0 Å². The molecule has 0 fully saturated rings. The van der Waals surface area contributed by atoms with Crippen LogP contribution in [0.4, 0.5) is 0 Å². The van der Waals surface area contributed by atoms with Gasteiger partial charge in [0, 0.05) is 31.3 Å². The third-order valence-corrected chi connectivity index (χ3v) is 5.30. The van der Waals surface area contributed by atoms with Crippen LogP contribution in [0.25, 0.3) is 33.5 Å². The summed E-state index contributed by atoms with van der Waals surface area (Å²) in [6.45, 7) is 5.21. The third kappa shape index (κ3) is 2.99. The number of aromatic hydroxyl groups is 1. The number of rotatable bonds is 5. The van der Waals surface area contributed by atoms with Gasteiger partial charge in [0.25, 0.3) is 0 Å². The monoisotopic (exact) mass is 392 g/mol. The summed E-state index contributed by atoms with van der Waals surface area (Å²) in [7, 11) is 3.41. The van der Waals surface area contributed by atoms with Crippen LogP contribution in [0, 0.1) is 0 Å². The lowest BCUT2D eigenvalue weighted by molar-refractivity contribution is 0.373. The summed E-state index contributed by atoms with van der Waals surface area (Å²) in [5, 5.41) is 14.5. The van der Waals surface area contributed by atoms with Gasteiger partial charge in [0.15, 0.2) is 11.5 Å². The van der Waals surface area contributed by atoms with Gasteiger partial charge in [0.05, 0.1) is 29.5 Å². The number of aryl methyl sites for hydroxylation is 3. The Kier molecular flexibility index (Phi) is 4.66. The van der Waals surface area contributed by atoms with Gasteiger partial charge >= 0.3 is 5.69 Å². The molecule has 0 saturated heterocycles. The van der Waals surface area contributed by atoms with Gasteiger partial charge in [-0.15, -0.1) is 0 Å². The second-order valence-corrected chi connectivity index (χ2v) is 6.90. The van der Waals surface area contributed by atoms with Gasteiger partial charge < -0.3 is 9.84 Å². The molecule has 0 atom stereocenters. The summed E-state index contributed by atoms with van der Waals surface area (Å²) in [6.07, 6.45) is 0. The number of ether oxygens (including phenoxy) is 1. The number of fused-ring (bicyclic) bond motifs is 1. The van der Waals surface area contributed by atoms with E-state index in [1.54, 1.807) is 25.9 Å². The molecule has 0 radical (unpaired) electrons. The number of imidazole rings is 1. The second kappa shape index (κ2) is 7.16. The summed E-state index contributed by atoms with van der Waals surface area (Å²) in [5.41, 5.74) is 5.41. The molecule has 2 heterocycles. The average molecular weight is 392 g/mol. The van der Waals surface area contributed by atoms with E-state index >= 15 is 0 Å². The summed E-state index contributed by atoms with van der Waals surface area (Å²) >= 11 is 0. The number of hydrogen-bond donors (Lipinski definition) is 1. The highest BCUT2D eigenvalue weighted by molar-refractivity contribution is 5.83. The standard InChI is InChI=1S/C22H24N4O3/c1-5-25-17-9-7-14(11-19(17)26(6-2)22(25)28)16-13-18(24(3)23-16)15-8-10-20(27)21(12-15)29-4/h7-13,27H,5-6H2,1-4H3. The molecule has 29 heavy (non-hydrogen) atoms. The van der Waals surface area contributed by atoms with Crippen molar-refractivity contribution in [2.24, 2.45) is 7.05 Å². The molecule has 2 aromatic carbocycles. The predicted octanol–water partition coefficient (Wildman–Crippen LogP) is 3.62. The Morgan fingerprint density at radius 1 is 0.966 bits per heavy atom. The van der Waals surface area contributed by atoms with Gasteiger partial charge in [0.1, 0.15) is 0 Å². The molecule has 0 aliphatic heterocycles. The van der Waals surface area contributed by atoms with Crippen LogP contribution in [0.2, 0.25) is 0 Å². The van der Waals surface area contributed by atoms with Crippen molar-refractivity contribution < 1.29 is 9.84 Å². The molecule has 0 saturated carbocycles. The van der Waals surface area contributed by atoms with Crippen molar-refractivity contribution in [1.82, 2.24) is 18.9 Å². The molecule has 7 heteroatoms. The summed E-state index contributed by atoms with van der Waals surface area (Å²) < 4.78 is 10.6. The minimum atomic E-state index is 0.0139. The lowest BCUT2D eigenvalue weighted by Gasteiger charge is -2.06. The molecular formula is C22H24N4O3. The highest BCUT2D eigenvalue weighted by Crippen LogP contribution is 2.33. The van der Waals surface area contributed by atoms with E-state index in [0.717, 1.165) is 33.5 Å². The molecule has 7 nitrogen and oxygen atoms in total. The number of hydrogen-bond acceptors (Lipinski definition) is 4. The first-order chi connectivity index (χ1) is 14.0. The number of phenolic OH excluding ortho intramolecular Hbond substituents is 1. The van der Waals surface area contributed by atoms with Gasteiger partial charge in [-0.3, -0.25) is 13.8 Å². The largest absolute Gasteiger partial charge is 0.504 e. The van der Waals surface area contributed by atoms with Crippen molar-refractivity contribution in [3.63, 3.8) is 0 Å². The van der Waals surface area contributed by atoms with Crippen molar-refractivity contribution >= 4 is 11.0 Å². The first kappa shape index (κ1) is 18.9. The summed E-state index contributed by atoms with van der Waals surface area (Å²) in [6, 6.07) is 13.2. The highest BCUT2D eigenvalue weighted by Gasteiger charge is 2.15. The minimum absolute atomic E-state index is 0.0139. The molecule has 150 valence electrons. The SMILES string of the molecule is CCn1c(=O)n(CC)c2cc(-c3cc(-c4ccc(O)c(OC)c4)n(C)n3)ccc21. The van der Waals surface area contributed by atoms with Crippen LogP contribution >= 0.6 is 0 Å². The molecule has 0 aliphatic carbocycles. The Labute approximate surface area is 168 Å². The number of phenols is 1. The van der Waals surface area contributed by atoms with Crippen LogP contribution in [0.1, 0.15) is 13.8 Å². The Balaban J connectivity index is 1.83. The zero-order valence-electron chi connectivity index (χ0n) is 17.0. The normalized spacial score (nSPS) is 11.3. The van der Waals surface area contributed by atoms with Crippen LogP contribution in [0.3, 0.4) is 0 Å². The molecule has 2 aromatic heterocycles. The van der Waals surface area contributed by atoms with E-state index in [0.29, 0.717) is 18.8 Å². The van der Waals surface area contributed by atoms with Crippen molar-refractivity contribution in [3.05, 3.63) is 52.9 Å². The smallest absolute Gasteiger partial charge is 0.329 e.